The Bertz CT molecular complexity index is 794. The van der Waals surface area contributed by atoms with E-state index >= 15 is 0 Å². The minimum absolute atomic E-state index is 0.00110. The number of alkyl halides is 3. The van der Waals surface area contributed by atoms with Crippen LogP contribution in [0.2, 0.25) is 0 Å². The maximum Gasteiger partial charge on any atom is 0.416 e. The molecular formula is C17H16F3N3O3. The summed E-state index contributed by atoms with van der Waals surface area (Å²) in [5.74, 6) is -0.891. The fourth-order valence-corrected chi connectivity index (χ4v) is 2.07. The molecule has 2 rings (SSSR count). The van der Waals surface area contributed by atoms with Crippen molar-refractivity contribution in [3.8, 4) is 0 Å². The first-order valence-electron chi connectivity index (χ1n) is 7.55. The van der Waals surface area contributed by atoms with Crippen molar-refractivity contribution in [2.45, 2.75) is 12.6 Å². The van der Waals surface area contributed by atoms with Gasteiger partial charge in [-0.15, -0.1) is 0 Å². The van der Waals surface area contributed by atoms with E-state index in [0.717, 1.165) is 12.1 Å². The summed E-state index contributed by atoms with van der Waals surface area (Å²) in [6.07, 6.45) is -3.07. The Labute approximate surface area is 147 Å². The van der Waals surface area contributed by atoms with E-state index < -0.39 is 23.6 Å². The van der Waals surface area contributed by atoms with Crippen molar-refractivity contribution >= 4 is 23.4 Å². The molecule has 0 fully saturated rings. The van der Waals surface area contributed by atoms with Gasteiger partial charge in [0.1, 0.15) is 5.82 Å². The van der Waals surface area contributed by atoms with Crippen LogP contribution in [0.1, 0.15) is 22.3 Å². The number of hydrogen-bond acceptors (Lipinski definition) is 5. The minimum atomic E-state index is -4.48. The van der Waals surface area contributed by atoms with Gasteiger partial charge in [-0.3, -0.25) is 9.59 Å². The number of esters is 1. The number of methoxy groups -OCH3 is 1. The van der Waals surface area contributed by atoms with Gasteiger partial charge in [-0.1, -0.05) is 6.07 Å². The van der Waals surface area contributed by atoms with Crippen molar-refractivity contribution in [2.24, 2.45) is 0 Å². The summed E-state index contributed by atoms with van der Waals surface area (Å²) in [4.78, 5) is 27.3. The van der Waals surface area contributed by atoms with E-state index in [9.17, 15) is 22.8 Å². The quantitative estimate of drug-likeness (QED) is 0.767. The number of aromatic nitrogens is 1. The SMILES string of the molecule is COC(=O)CCNC(=O)c1cccnc1Nc1cccc(C(F)(F)F)c1. The van der Waals surface area contributed by atoms with Crippen LogP contribution in [0.15, 0.2) is 42.6 Å². The third-order valence-electron chi connectivity index (χ3n) is 3.35. The highest BCUT2D eigenvalue weighted by molar-refractivity contribution is 5.99. The summed E-state index contributed by atoms with van der Waals surface area (Å²) in [7, 11) is 1.24. The fourth-order valence-electron chi connectivity index (χ4n) is 2.07. The summed E-state index contributed by atoms with van der Waals surface area (Å²) < 4.78 is 42.9. The highest BCUT2D eigenvalue weighted by Crippen LogP contribution is 2.31. The summed E-state index contributed by atoms with van der Waals surface area (Å²) in [5.41, 5.74) is -0.542. The molecule has 26 heavy (non-hydrogen) atoms. The molecule has 1 amide bonds. The number of hydrogen-bond donors (Lipinski definition) is 2. The topological polar surface area (TPSA) is 80.3 Å². The summed E-state index contributed by atoms with van der Waals surface area (Å²) in [6.45, 7) is 0.0589. The molecule has 1 aromatic carbocycles. The van der Waals surface area contributed by atoms with E-state index in [1.807, 2.05) is 0 Å². The van der Waals surface area contributed by atoms with Gasteiger partial charge < -0.3 is 15.4 Å². The van der Waals surface area contributed by atoms with Gasteiger partial charge in [0.15, 0.2) is 0 Å². The Morgan fingerprint density at radius 3 is 2.65 bits per heavy atom. The third kappa shape index (κ3) is 5.20. The lowest BCUT2D eigenvalue weighted by Gasteiger charge is -2.13. The molecule has 1 aromatic heterocycles. The lowest BCUT2D eigenvalue weighted by Crippen LogP contribution is -2.27. The second-order valence-electron chi connectivity index (χ2n) is 5.19. The number of carbonyl (C=O) groups excluding carboxylic acids is 2. The zero-order valence-corrected chi connectivity index (χ0v) is 13.8. The summed E-state index contributed by atoms with van der Waals surface area (Å²) in [6, 6.07) is 7.55. The van der Waals surface area contributed by atoms with Crippen molar-refractivity contribution in [3.05, 3.63) is 53.7 Å². The highest BCUT2D eigenvalue weighted by atomic mass is 19.4. The third-order valence-corrected chi connectivity index (χ3v) is 3.35. The van der Waals surface area contributed by atoms with Crippen LogP contribution >= 0.6 is 0 Å². The zero-order chi connectivity index (χ0) is 19.2. The van der Waals surface area contributed by atoms with Gasteiger partial charge in [-0.05, 0) is 30.3 Å². The molecular weight excluding hydrogens is 351 g/mol. The Kier molecular flexibility index (Phi) is 6.16. The van der Waals surface area contributed by atoms with Gasteiger partial charge in [0, 0.05) is 18.4 Å². The van der Waals surface area contributed by atoms with Gasteiger partial charge in [0.25, 0.3) is 5.91 Å². The molecule has 138 valence electrons. The van der Waals surface area contributed by atoms with Gasteiger partial charge in [-0.25, -0.2) is 4.98 Å². The molecule has 2 N–H and O–H groups in total. The Morgan fingerprint density at radius 2 is 1.96 bits per heavy atom. The molecule has 2 aromatic rings. The monoisotopic (exact) mass is 367 g/mol. The van der Waals surface area contributed by atoms with Crippen molar-refractivity contribution in [1.82, 2.24) is 10.3 Å². The van der Waals surface area contributed by atoms with Crippen LogP contribution in [0.25, 0.3) is 0 Å². The molecule has 0 saturated heterocycles. The van der Waals surface area contributed by atoms with Gasteiger partial charge in [0.2, 0.25) is 0 Å². The first kappa shape index (κ1) is 19.2. The molecule has 9 heteroatoms. The van der Waals surface area contributed by atoms with Crippen molar-refractivity contribution in [3.63, 3.8) is 0 Å². The van der Waals surface area contributed by atoms with Gasteiger partial charge >= 0.3 is 12.1 Å². The number of nitrogens with one attached hydrogen (secondary N) is 2. The second kappa shape index (κ2) is 8.32. The fraction of sp³-hybridized carbons (Fsp3) is 0.235. The number of benzene rings is 1. The maximum absolute atomic E-state index is 12.8. The van der Waals surface area contributed by atoms with Crippen LogP contribution in [0, 0.1) is 0 Å². The van der Waals surface area contributed by atoms with E-state index in [2.05, 4.69) is 20.4 Å². The van der Waals surface area contributed by atoms with E-state index in [1.54, 1.807) is 0 Å². The Morgan fingerprint density at radius 1 is 1.19 bits per heavy atom. The van der Waals surface area contributed by atoms with E-state index in [0.29, 0.717) is 0 Å². The van der Waals surface area contributed by atoms with Crippen molar-refractivity contribution < 1.29 is 27.5 Å². The Hall–Kier alpha value is -3.10. The largest absolute Gasteiger partial charge is 0.469 e. The number of pyridine rings is 1. The van der Waals surface area contributed by atoms with E-state index in [-0.39, 0.29) is 30.0 Å². The molecule has 0 aliphatic heterocycles. The number of amides is 1. The summed E-state index contributed by atoms with van der Waals surface area (Å²) in [5, 5.41) is 5.24. The second-order valence-corrected chi connectivity index (χ2v) is 5.19. The van der Waals surface area contributed by atoms with Crippen LogP contribution in [0.5, 0.6) is 0 Å². The van der Waals surface area contributed by atoms with Gasteiger partial charge in [-0.2, -0.15) is 13.2 Å². The molecule has 0 spiro atoms. The average Bonchev–Trinajstić information content (AvgIpc) is 2.61. The number of carbonyl (C=O) groups is 2. The molecule has 0 atom stereocenters. The predicted molar refractivity (Wildman–Crippen MR) is 87.9 cm³/mol. The first-order valence-corrected chi connectivity index (χ1v) is 7.55. The zero-order valence-electron chi connectivity index (χ0n) is 13.8. The number of ether oxygens (including phenoxy) is 1. The number of rotatable bonds is 6. The molecule has 0 radical (unpaired) electrons. The maximum atomic E-state index is 12.8. The molecule has 1 heterocycles. The van der Waals surface area contributed by atoms with Crippen LogP contribution in [0.3, 0.4) is 0 Å². The molecule has 6 nitrogen and oxygen atoms in total. The molecule has 0 aliphatic rings. The van der Waals surface area contributed by atoms with Crippen LogP contribution in [-0.4, -0.2) is 30.5 Å². The van der Waals surface area contributed by atoms with Crippen LogP contribution in [-0.2, 0) is 15.7 Å². The molecule has 0 aliphatic carbocycles. The first-order chi connectivity index (χ1) is 12.3. The van der Waals surface area contributed by atoms with E-state index in [4.69, 9.17) is 0 Å². The normalized spacial score (nSPS) is 10.9. The van der Waals surface area contributed by atoms with Gasteiger partial charge in [0.05, 0.1) is 24.7 Å². The van der Waals surface area contributed by atoms with E-state index in [1.165, 1.54) is 37.6 Å². The highest BCUT2D eigenvalue weighted by Gasteiger charge is 2.30. The molecule has 0 saturated carbocycles. The smallest absolute Gasteiger partial charge is 0.416 e. The lowest BCUT2D eigenvalue weighted by atomic mass is 10.2. The lowest BCUT2D eigenvalue weighted by molar-refractivity contribution is -0.140. The number of halogens is 3. The number of anilines is 2. The van der Waals surface area contributed by atoms with Crippen molar-refractivity contribution in [2.75, 3.05) is 19.0 Å². The standard InChI is InChI=1S/C17H16F3N3O3/c1-26-14(24)7-9-22-16(25)13-6-3-8-21-15(13)23-12-5-2-4-11(10-12)17(18,19)20/h2-6,8,10H,7,9H2,1H3,(H,21,23)(H,22,25). The number of nitrogens with zero attached hydrogens (tertiary/aromatic N) is 1. The molecule has 0 bridgehead atoms. The summed E-state index contributed by atoms with van der Waals surface area (Å²) >= 11 is 0. The predicted octanol–water partition coefficient (Wildman–Crippen LogP) is 3.14. The molecule has 0 unspecified atom stereocenters. The average molecular weight is 367 g/mol. The Balaban J connectivity index is 2.14. The van der Waals surface area contributed by atoms with Crippen LogP contribution in [0.4, 0.5) is 24.7 Å². The minimum Gasteiger partial charge on any atom is -0.469 e. The van der Waals surface area contributed by atoms with Crippen molar-refractivity contribution in [1.29, 1.82) is 0 Å². The van der Waals surface area contributed by atoms with Crippen LogP contribution < -0.4 is 10.6 Å².